The van der Waals surface area contributed by atoms with Gasteiger partial charge in [-0.05, 0) is 37.5 Å². The fourth-order valence-corrected chi connectivity index (χ4v) is 3.27. The quantitative estimate of drug-likeness (QED) is 0.431. The Hall–Kier alpha value is -0.530. The number of rotatable bonds is 8. The highest BCUT2D eigenvalue weighted by atomic mass is 16.6. The topological polar surface area (TPSA) is 21.6 Å². The molecule has 0 amide bonds. The molecule has 18 heavy (non-hydrogen) atoms. The van der Waals surface area contributed by atoms with Crippen LogP contribution in [0.3, 0.4) is 0 Å². The molecule has 1 aliphatic rings. The summed E-state index contributed by atoms with van der Waals surface area (Å²) in [5.74, 6) is 1.89. The first-order valence-electron chi connectivity index (χ1n) is 7.90. The number of hydrogen-bond acceptors (Lipinski definition) is 2. The van der Waals surface area contributed by atoms with Crippen molar-refractivity contribution in [3.63, 3.8) is 0 Å². The molecule has 0 bridgehead atoms. The molecule has 0 heterocycles. The van der Waals surface area contributed by atoms with Crippen molar-refractivity contribution in [2.45, 2.75) is 78.1 Å². The molecule has 1 aliphatic carbocycles. The van der Waals surface area contributed by atoms with Crippen molar-refractivity contribution >= 4 is 5.71 Å². The summed E-state index contributed by atoms with van der Waals surface area (Å²) >= 11 is 0. The Morgan fingerprint density at radius 2 is 1.89 bits per heavy atom. The lowest BCUT2D eigenvalue weighted by Gasteiger charge is -2.30. The van der Waals surface area contributed by atoms with E-state index >= 15 is 0 Å². The van der Waals surface area contributed by atoms with Crippen molar-refractivity contribution in [2.75, 3.05) is 7.11 Å². The summed E-state index contributed by atoms with van der Waals surface area (Å²) in [4.78, 5) is 4.88. The van der Waals surface area contributed by atoms with Gasteiger partial charge in [-0.15, -0.1) is 0 Å². The number of unbranched alkanes of at least 4 members (excludes halogenated alkanes) is 3. The maximum Gasteiger partial charge on any atom is 0.106 e. The molecule has 1 atom stereocenters. The van der Waals surface area contributed by atoms with Gasteiger partial charge in [0, 0.05) is 0 Å². The van der Waals surface area contributed by atoms with Gasteiger partial charge in [0.15, 0.2) is 0 Å². The third-order valence-corrected chi connectivity index (χ3v) is 4.45. The van der Waals surface area contributed by atoms with Gasteiger partial charge in [-0.1, -0.05) is 57.5 Å². The minimum atomic E-state index is 0.937. The molecule has 1 fully saturated rings. The third-order valence-electron chi connectivity index (χ3n) is 4.45. The minimum absolute atomic E-state index is 0.937. The van der Waals surface area contributed by atoms with Crippen molar-refractivity contribution in [2.24, 2.45) is 17.0 Å². The normalized spacial score (nSPS) is 21.7. The van der Waals surface area contributed by atoms with E-state index < -0.39 is 0 Å². The van der Waals surface area contributed by atoms with E-state index in [9.17, 15) is 0 Å². The minimum Gasteiger partial charge on any atom is -0.399 e. The van der Waals surface area contributed by atoms with Gasteiger partial charge in [-0.25, -0.2) is 0 Å². The van der Waals surface area contributed by atoms with Crippen LogP contribution in [0.25, 0.3) is 0 Å². The van der Waals surface area contributed by atoms with Crippen LogP contribution in [0.2, 0.25) is 0 Å². The van der Waals surface area contributed by atoms with Crippen LogP contribution in [-0.4, -0.2) is 12.8 Å². The smallest absolute Gasteiger partial charge is 0.106 e. The van der Waals surface area contributed by atoms with Crippen LogP contribution in [0.15, 0.2) is 5.16 Å². The Morgan fingerprint density at radius 3 is 2.44 bits per heavy atom. The predicted octanol–water partition coefficient (Wildman–Crippen LogP) is 5.18. The molecule has 0 aromatic carbocycles. The maximum atomic E-state index is 4.88. The summed E-state index contributed by atoms with van der Waals surface area (Å²) in [6.07, 6.45) is 13.4. The summed E-state index contributed by atoms with van der Waals surface area (Å²) in [5.41, 5.74) is 1.27. The molecule has 0 aromatic rings. The first-order valence-corrected chi connectivity index (χ1v) is 7.90. The SMILES string of the molecule is CCCCCCC(CC)C1CCC(=NOC)CC1. The first-order chi connectivity index (χ1) is 8.81. The average Bonchev–Trinajstić information content (AvgIpc) is 2.41. The molecule has 0 aliphatic heterocycles. The summed E-state index contributed by atoms with van der Waals surface area (Å²) in [5, 5.41) is 4.11. The van der Waals surface area contributed by atoms with E-state index in [4.69, 9.17) is 4.84 Å². The average molecular weight is 253 g/mol. The van der Waals surface area contributed by atoms with E-state index in [-0.39, 0.29) is 0 Å². The Balaban J connectivity index is 2.27. The molecule has 106 valence electrons. The maximum absolute atomic E-state index is 4.88. The van der Waals surface area contributed by atoms with Crippen LogP contribution in [0.5, 0.6) is 0 Å². The summed E-state index contributed by atoms with van der Waals surface area (Å²) in [6, 6.07) is 0. The fourth-order valence-electron chi connectivity index (χ4n) is 3.27. The van der Waals surface area contributed by atoms with E-state index in [0.29, 0.717) is 0 Å². The zero-order valence-electron chi connectivity index (χ0n) is 12.6. The zero-order valence-corrected chi connectivity index (χ0v) is 12.6. The molecular weight excluding hydrogens is 222 g/mol. The van der Waals surface area contributed by atoms with Gasteiger partial charge in [0.2, 0.25) is 0 Å². The third kappa shape index (κ3) is 5.41. The molecule has 0 spiro atoms. The summed E-state index contributed by atoms with van der Waals surface area (Å²) in [7, 11) is 1.65. The highest BCUT2D eigenvalue weighted by molar-refractivity contribution is 5.84. The Kier molecular flexibility index (Phi) is 8.11. The molecule has 0 saturated heterocycles. The molecule has 1 unspecified atom stereocenters. The van der Waals surface area contributed by atoms with E-state index in [1.54, 1.807) is 7.11 Å². The van der Waals surface area contributed by atoms with Gasteiger partial charge in [0.1, 0.15) is 7.11 Å². The fraction of sp³-hybridized carbons (Fsp3) is 0.938. The molecule has 2 nitrogen and oxygen atoms in total. The highest BCUT2D eigenvalue weighted by Crippen LogP contribution is 2.33. The largest absolute Gasteiger partial charge is 0.399 e. The zero-order chi connectivity index (χ0) is 13.2. The molecular formula is C16H31NO. The van der Waals surface area contributed by atoms with Gasteiger partial charge in [-0.3, -0.25) is 0 Å². The Bertz CT molecular complexity index is 227. The molecule has 0 aromatic heterocycles. The van der Waals surface area contributed by atoms with Crippen molar-refractivity contribution in [1.29, 1.82) is 0 Å². The van der Waals surface area contributed by atoms with Crippen LogP contribution in [0, 0.1) is 11.8 Å². The number of nitrogens with zero attached hydrogens (tertiary/aromatic N) is 1. The van der Waals surface area contributed by atoms with Crippen molar-refractivity contribution in [1.82, 2.24) is 0 Å². The molecule has 0 radical (unpaired) electrons. The Morgan fingerprint density at radius 1 is 1.17 bits per heavy atom. The summed E-state index contributed by atoms with van der Waals surface area (Å²) in [6.45, 7) is 4.65. The number of oxime groups is 1. The van der Waals surface area contributed by atoms with E-state index in [1.807, 2.05) is 0 Å². The molecule has 1 saturated carbocycles. The first kappa shape index (κ1) is 15.5. The second kappa shape index (κ2) is 9.41. The van der Waals surface area contributed by atoms with Gasteiger partial charge in [0.25, 0.3) is 0 Å². The van der Waals surface area contributed by atoms with Gasteiger partial charge in [-0.2, -0.15) is 0 Å². The molecule has 2 heteroatoms. The lowest BCUT2D eigenvalue weighted by Crippen LogP contribution is -2.21. The molecule has 1 rings (SSSR count). The second-order valence-corrected chi connectivity index (χ2v) is 5.70. The second-order valence-electron chi connectivity index (χ2n) is 5.70. The van der Waals surface area contributed by atoms with E-state index in [0.717, 1.165) is 24.7 Å². The van der Waals surface area contributed by atoms with Crippen LogP contribution < -0.4 is 0 Å². The standard InChI is InChI=1S/C16H31NO/c1-4-6-7-8-9-14(5-2)15-10-12-16(13-11-15)17-18-3/h14-15H,4-13H2,1-3H3. The van der Waals surface area contributed by atoms with Gasteiger partial charge in [0.05, 0.1) is 5.71 Å². The van der Waals surface area contributed by atoms with E-state index in [2.05, 4.69) is 19.0 Å². The lowest BCUT2D eigenvalue weighted by molar-refractivity contribution is 0.205. The number of hydrogen-bond donors (Lipinski definition) is 0. The van der Waals surface area contributed by atoms with Crippen molar-refractivity contribution in [3.05, 3.63) is 0 Å². The van der Waals surface area contributed by atoms with Gasteiger partial charge >= 0.3 is 0 Å². The predicted molar refractivity (Wildman–Crippen MR) is 78.9 cm³/mol. The van der Waals surface area contributed by atoms with Crippen molar-refractivity contribution < 1.29 is 4.84 Å². The van der Waals surface area contributed by atoms with E-state index in [1.165, 1.54) is 57.1 Å². The van der Waals surface area contributed by atoms with Crippen LogP contribution in [0.4, 0.5) is 0 Å². The van der Waals surface area contributed by atoms with Crippen LogP contribution in [0.1, 0.15) is 78.1 Å². The monoisotopic (exact) mass is 253 g/mol. The van der Waals surface area contributed by atoms with Crippen LogP contribution in [-0.2, 0) is 4.84 Å². The molecule has 0 N–H and O–H groups in total. The van der Waals surface area contributed by atoms with Crippen LogP contribution >= 0.6 is 0 Å². The lowest BCUT2D eigenvalue weighted by atomic mass is 9.76. The highest BCUT2D eigenvalue weighted by Gasteiger charge is 2.24. The van der Waals surface area contributed by atoms with Crippen molar-refractivity contribution in [3.8, 4) is 0 Å². The summed E-state index contributed by atoms with van der Waals surface area (Å²) < 4.78 is 0. The van der Waals surface area contributed by atoms with Gasteiger partial charge < -0.3 is 4.84 Å². The Labute approximate surface area is 113 Å².